The molecule has 0 bridgehead atoms. The van der Waals surface area contributed by atoms with Crippen LogP contribution in [0.2, 0.25) is 0 Å². The molecule has 0 spiro atoms. The number of carbonyl (C=O) groups is 6. The molecule has 10 N–H and O–H groups in total. The quantitative estimate of drug-likeness (QED) is 0.0319. The van der Waals surface area contributed by atoms with Crippen LogP contribution in [0, 0.1) is 5.92 Å². The Kier molecular flexibility index (Phi) is 27.0. The predicted octanol–water partition coefficient (Wildman–Crippen LogP) is 14.6. The normalized spacial score (nSPS) is 12.8. The molecule has 36 nitrogen and oxygen atoms in total. The Morgan fingerprint density at radius 3 is 0.932 bits per heavy atom. The highest BCUT2D eigenvalue weighted by Gasteiger charge is 2.30. The Labute approximate surface area is 759 Å². The molecule has 1 saturated carbocycles. The lowest BCUT2D eigenvalue weighted by Crippen LogP contribution is -2.36. The molecule has 16 aromatic rings. The number of pyridine rings is 8. The number of ether oxygens (including phenoxy) is 1. The van der Waals surface area contributed by atoms with Gasteiger partial charge in [-0.3, -0.25) is 64.3 Å². The first-order valence-corrected chi connectivity index (χ1v) is 42.9. The van der Waals surface area contributed by atoms with Crippen molar-refractivity contribution in [2.24, 2.45) is 5.92 Å². The van der Waals surface area contributed by atoms with Crippen LogP contribution in [0.1, 0.15) is 74.1 Å². The van der Waals surface area contributed by atoms with Crippen LogP contribution in [-0.4, -0.2) is 231 Å². The van der Waals surface area contributed by atoms with E-state index in [-0.39, 0.29) is 52.9 Å². The first-order chi connectivity index (χ1) is 63.9. The van der Waals surface area contributed by atoms with Crippen LogP contribution in [-0.2, 0) is 9.53 Å². The second-order valence-electron chi connectivity index (χ2n) is 32.9. The van der Waals surface area contributed by atoms with E-state index in [1.807, 2.05) is 222 Å². The number of aromatic nitrogens is 16. The number of hydrogen-bond donors (Lipinski definition) is 10. The maximum atomic E-state index is 13.0. The highest BCUT2D eigenvalue weighted by molar-refractivity contribution is 6.15. The molecule has 14 heterocycles. The third-order valence-corrected chi connectivity index (χ3v) is 22.2. The summed E-state index contributed by atoms with van der Waals surface area (Å²) in [6, 6.07) is 45.6. The molecule has 3 aliphatic rings. The van der Waals surface area contributed by atoms with Crippen molar-refractivity contribution in [1.29, 1.82) is 0 Å². The fourth-order valence-electron chi connectivity index (χ4n) is 14.8. The van der Waals surface area contributed by atoms with Gasteiger partial charge in [0.25, 0.3) is 23.6 Å². The van der Waals surface area contributed by atoms with Gasteiger partial charge in [-0.2, -0.15) is 20.4 Å². The van der Waals surface area contributed by atoms with E-state index in [1.54, 1.807) is 75.8 Å². The lowest BCUT2D eigenvalue weighted by Gasteiger charge is -2.28. The maximum absolute atomic E-state index is 13.0. The average molecular weight is 1770 g/mol. The first-order valence-electron chi connectivity index (χ1n) is 42.9. The number of H-pyrrole nitrogens is 4. The summed E-state index contributed by atoms with van der Waals surface area (Å²) in [4.78, 5) is 124. The number of amides is 7. The smallest absolute Gasteiger partial charge is 0.321 e. The number of hydrogen-bond acceptors (Lipinski definition) is 25. The van der Waals surface area contributed by atoms with Gasteiger partial charge in [0.15, 0.2) is 22.8 Å². The molecule has 12 aromatic heterocycles. The number of fused-ring (bicyclic) bond motifs is 4. The molecule has 132 heavy (non-hydrogen) atoms. The fraction of sp³-hybridized carbons (Fsp3) is 0.229. The monoisotopic (exact) mass is 1770 g/mol. The highest BCUT2D eigenvalue weighted by Crippen LogP contribution is 2.36. The van der Waals surface area contributed by atoms with E-state index >= 15 is 0 Å². The molecule has 19 rings (SSSR count). The van der Waals surface area contributed by atoms with E-state index < -0.39 is 0 Å². The minimum Gasteiger partial charge on any atom is -0.378 e. The molecule has 1 aliphatic carbocycles. The lowest BCUT2D eigenvalue weighted by atomic mass is 10.0. The van der Waals surface area contributed by atoms with Crippen molar-refractivity contribution in [1.82, 2.24) is 85.6 Å². The molecule has 2 saturated heterocycles. The fourth-order valence-corrected chi connectivity index (χ4v) is 14.8. The number of urea groups is 1. The number of morpholine rings is 1. The van der Waals surface area contributed by atoms with Gasteiger partial charge in [0, 0.05) is 171 Å². The summed E-state index contributed by atoms with van der Waals surface area (Å²) < 4.78 is 5.45. The van der Waals surface area contributed by atoms with Crippen LogP contribution in [0.25, 0.3) is 88.1 Å². The number of aromatic amines is 4. The predicted molar refractivity (Wildman–Crippen MR) is 517 cm³/mol. The number of rotatable bonds is 21. The summed E-state index contributed by atoms with van der Waals surface area (Å²) in [7, 11) is 18.6. The van der Waals surface area contributed by atoms with Gasteiger partial charge in [-0.05, 0) is 176 Å². The third kappa shape index (κ3) is 21.4. The number of piperidine rings is 1. The van der Waals surface area contributed by atoms with Crippen molar-refractivity contribution >= 4 is 148 Å². The zero-order chi connectivity index (χ0) is 92.1. The summed E-state index contributed by atoms with van der Waals surface area (Å²) in [6.45, 7) is 5.27. The Balaban J connectivity index is 0.000000128. The largest absolute Gasteiger partial charge is 0.378 e. The van der Waals surface area contributed by atoms with Crippen LogP contribution >= 0.6 is 0 Å². The zero-order valence-corrected chi connectivity index (χ0v) is 74.5. The van der Waals surface area contributed by atoms with Crippen molar-refractivity contribution < 1.29 is 33.5 Å². The Hall–Kier alpha value is -16.7. The van der Waals surface area contributed by atoms with E-state index in [1.165, 1.54) is 24.2 Å². The zero-order valence-electron chi connectivity index (χ0n) is 74.5. The summed E-state index contributed by atoms with van der Waals surface area (Å²) in [5.74, 6) is 2.13. The highest BCUT2D eigenvalue weighted by atomic mass is 16.5. The third-order valence-electron chi connectivity index (χ3n) is 22.2. The van der Waals surface area contributed by atoms with E-state index in [9.17, 15) is 28.8 Å². The number of nitrogens with zero attached hydrogens (tertiary/aromatic N) is 19. The van der Waals surface area contributed by atoms with Gasteiger partial charge in [-0.1, -0.05) is 24.3 Å². The van der Waals surface area contributed by atoms with Gasteiger partial charge < -0.3 is 70.9 Å². The van der Waals surface area contributed by atoms with Crippen molar-refractivity contribution in [3.63, 3.8) is 0 Å². The minimum absolute atomic E-state index is 0.0336. The van der Waals surface area contributed by atoms with Crippen molar-refractivity contribution in [3.8, 4) is 44.5 Å². The molecule has 2 aliphatic heterocycles. The maximum Gasteiger partial charge on any atom is 0.321 e. The Morgan fingerprint density at radius 1 is 0.318 bits per heavy atom. The van der Waals surface area contributed by atoms with Gasteiger partial charge in [-0.15, -0.1) is 0 Å². The molecule has 0 radical (unpaired) electrons. The van der Waals surface area contributed by atoms with Crippen LogP contribution in [0.3, 0.4) is 0 Å². The molecule has 36 heteroatoms. The van der Waals surface area contributed by atoms with Gasteiger partial charge in [0.2, 0.25) is 5.91 Å². The van der Waals surface area contributed by atoms with E-state index in [0.717, 1.165) is 164 Å². The van der Waals surface area contributed by atoms with Gasteiger partial charge in [0.05, 0.1) is 130 Å². The van der Waals surface area contributed by atoms with Crippen molar-refractivity contribution in [2.75, 3.05) is 171 Å². The molecule has 4 aromatic carbocycles. The minimum atomic E-state index is -0.345. The second kappa shape index (κ2) is 40.1. The van der Waals surface area contributed by atoms with Gasteiger partial charge in [0.1, 0.15) is 23.3 Å². The summed E-state index contributed by atoms with van der Waals surface area (Å²) in [5.41, 5.74) is 17.5. The van der Waals surface area contributed by atoms with Crippen LogP contribution in [0.4, 0.5) is 73.6 Å². The SMILES string of the molecule is CN(C)C(=O)Nc1cncc(-c2ccc3[nH]nc(C(=O)Nc4ccc(N(C)C)nc4)c3c2)c1.CN(C)c1ccc(NC(=O)c2n[nH]c3ccc(-c4cncc(N5CCCCC5)c4)cc23)cn1.CN(C)c1ccc(NC(=O)c2n[nH]c3ccc(-c4cncc(N5CCOCC5)c4)cc23)cn1.CN(C)c1ccc(NC(=O)c2n[nH]c3ccc(-c4cncc(NC(=O)C5CC5)c4)cc23)cn1. The van der Waals surface area contributed by atoms with Crippen LogP contribution in [0.5, 0.6) is 0 Å². The second-order valence-corrected chi connectivity index (χ2v) is 32.9. The summed E-state index contributed by atoms with van der Waals surface area (Å²) in [6.07, 6.45) is 26.3. The number of carbonyl (C=O) groups excluding carboxylic acids is 6. The van der Waals surface area contributed by atoms with Crippen molar-refractivity contribution in [2.45, 2.75) is 32.1 Å². The summed E-state index contributed by atoms with van der Waals surface area (Å²) in [5, 5.41) is 48.7. The van der Waals surface area contributed by atoms with Gasteiger partial charge in [-0.25, -0.2) is 24.7 Å². The average Bonchev–Trinajstić information content (AvgIpc) is 1.62. The number of anilines is 12. The topological polar surface area (TPSA) is 424 Å². The summed E-state index contributed by atoms with van der Waals surface area (Å²) >= 11 is 0. The molecule has 670 valence electrons. The Morgan fingerprint density at radius 2 is 0.629 bits per heavy atom. The molecular weight excluding hydrogens is 1670 g/mol. The lowest BCUT2D eigenvalue weighted by molar-refractivity contribution is -0.117. The van der Waals surface area contributed by atoms with Crippen LogP contribution in [0.15, 0.2) is 220 Å². The number of nitrogens with one attached hydrogen (secondary N) is 10. The molecule has 3 fully saturated rings. The first kappa shape index (κ1) is 88.8. The van der Waals surface area contributed by atoms with Crippen LogP contribution < -0.4 is 61.3 Å². The molecule has 0 unspecified atom stereocenters. The van der Waals surface area contributed by atoms with E-state index in [2.05, 4.69) is 134 Å². The Bertz CT molecular complexity index is 6440. The van der Waals surface area contributed by atoms with E-state index in [4.69, 9.17) is 4.74 Å². The molecule has 7 amide bonds. The van der Waals surface area contributed by atoms with E-state index in [0.29, 0.717) is 56.3 Å². The molecular formula is C96H99N29O7. The van der Waals surface area contributed by atoms with Crippen molar-refractivity contribution in [3.05, 3.63) is 243 Å². The number of benzene rings is 4. The standard InChI is InChI=1S/C25H27N7O.C24H25N7O2.C24H23N7O2.C23H24N8O2/c1-31(2)23-9-7-19(15-27-23)28-25(33)24-21-13-17(6-8-22(21)29-30-24)18-12-20(16-26-14-18)32-10-4-3-5-11-32;1-30(2)22-6-4-18(14-26-22)27-24(32)23-20-12-16(3-5-21(20)28-29-23)17-11-19(15-25-13-17)31-7-9-33-10-8-31;1-31(2)21-8-6-17(13-26-21)27-24(33)22-19-10-15(5-7-20(19)29-30-22)16-9-18(12-25-11-16)28-23(32)14-3-4-14;1-30(2)20-8-6-16(13-25-20)26-22(32)21-18-10-14(5-7-19(18)28-29-21)15-9-17(12-24-11-15)27-23(33)31(3)4/h6-9,12-16H,3-5,10-11H2,1-2H3,(H,28,33)(H,29,30);3-6,11-15H,7-10H2,1-2H3,(H,27,32)(H,28,29);5-14H,3-4H2,1-2H3,(H,27,33)(H,28,32)(H,29,30);5-13H,1-4H3,(H,26,32)(H,27,33)(H,28,29). The molecule has 0 atom stereocenters. The van der Waals surface area contributed by atoms with Gasteiger partial charge >= 0.3 is 6.03 Å².